The summed E-state index contributed by atoms with van der Waals surface area (Å²) in [5, 5.41) is 8.73. The summed E-state index contributed by atoms with van der Waals surface area (Å²) in [7, 11) is -3.13. The van der Waals surface area contributed by atoms with Gasteiger partial charge in [-0.05, 0) is 18.8 Å². The van der Waals surface area contributed by atoms with Gasteiger partial charge in [0.05, 0.1) is 5.75 Å². The summed E-state index contributed by atoms with van der Waals surface area (Å²) in [5.74, 6) is 0.339. The molecule has 6 heteroatoms. The maximum absolute atomic E-state index is 11.6. The molecule has 0 aromatic rings. The smallest absolute Gasteiger partial charge is 0.215 e. The second-order valence-corrected chi connectivity index (χ2v) is 5.72. The molecular weight excluding hydrogens is 204 g/mol. The number of sulfonamides is 1. The molecule has 84 valence electrons. The van der Waals surface area contributed by atoms with Crippen LogP contribution in [0.25, 0.3) is 0 Å². The van der Waals surface area contributed by atoms with E-state index in [-0.39, 0.29) is 18.9 Å². The molecule has 14 heavy (non-hydrogen) atoms. The molecule has 0 spiro atoms. The lowest BCUT2D eigenvalue weighted by Gasteiger charge is -2.15. The maximum atomic E-state index is 11.6. The molecule has 0 bridgehead atoms. The highest BCUT2D eigenvalue weighted by molar-refractivity contribution is 7.89. The SMILES string of the molecule is NCCS(=O)(=O)N1CCC(CCO)C1. The third-order valence-electron chi connectivity index (χ3n) is 2.56. The van der Waals surface area contributed by atoms with Crippen LogP contribution < -0.4 is 5.73 Å². The van der Waals surface area contributed by atoms with Crippen LogP contribution in [0.1, 0.15) is 12.8 Å². The van der Waals surface area contributed by atoms with Crippen molar-refractivity contribution in [3.8, 4) is 0 Å². The summed E-state index contributed by atoms with van der Waals surface area (Å²) >= 11 is 0. The normalized spacial score (nSPS) is 24.3. The van der Waals surface area contributed by atoms with E-state index in [4.69, 9.17) is 10.8 Å². The number of hydrogen-bond donors (Lipinski definition) is 2. The van der Waals surface area contributed by atoms with Gasteiger partial charge in [-0.25, -0.2) is 12.7 Å². The van der Waals surface area contributed by atoms with Gasteiger partial charge in [0, 0.05) is 26.2 Å². The number of nitrogens with two attached hydrogens (primary N) is 1. The summed E-state index contributed by atoms with van der Waals surface area (Å²) in [5.41, 5.74) is 5.23. The third kappa shape index (κ3) is 2.91. The lowest BCUT2D eigenvalue weighted by molar-refractivity contribution is 0.259. The van der Waals surface area contributed by atoms with E-state index < -0.39 is 10.0 Å². The number of hydrogen-bond acceptors (Lipinski definition) is 4. The zero-order chi connectivity index (χ0) is 10.6. The predicted octanol–water partition coefficient (Wildman–Crippen LogP) is -1.02. The first kappa shape index (κ1) is 11.9. The van der Waals surface area contributed by atoms with Crippen molar-refractivity contribution in [2.75, 3.05) is 32.0 Å². The quantitative estimate of drug-likeness (QED) is 0.623. The summed E-state index contributed by atoms with van der Waals surface area (Å²) in [6, 6.07) is 0. The summed E-state index contributed by atoms with van der Waals surface area (Å²) in [4.78, 5) is 0. The minimum atomic E-state index is -3.13. The van der Waals surface area contributed by atoms with Crippen LogP contribution >= 0.6 is 0 Å². The van der Waals surface area contributed by atoms with Crippen LogP contribution in [0.5, 0.6) is 0 Å². The van der Waals surface area contributed by atoms with Crippen LogP contribution in [0.2, 0.25) is 0 Å². The van der Waals surface area contributed by atoms with Gasteiger partial charge in [0.15, 0.2) is 0 Å². The van der Waals surface area contributed by atoms with E-state index in [9.17, 15) is 8.42 Å². The molecule has 3 N–H and O–H groups in total. The van der Waals surface area contributed by atoms with Crippen LogP contribution in [-0.4, -0.2) is 49.8 Å². The van der Waals surface area contributed by atoms with Gasteiger partial charge in [0.2, 0.25) is 10.0 Å². The Morgan fingerprint density at radius 3 is 2.79 bits per heavy atom. The lowest BCUT2D eigenvalue weighted by atomic mass is 10.1. The first-order chi connectivity index (χ1) is 6.60. The number of nitrogens with zero attached hydrogens (tertiary/aromatic N) is 1. The van der Waals surface area contributed by atoms with Gasteiger partial charge in [-0.2, -0.15) is 0 Å². The number of aliphatic hydroxyl groups excluding tert-OH is 1. The summed E-state index contributed by atoms with van der Waals surface area (Å²) < 4.78 is 24.6. The Morgan fingerprint density at radius 1 is 1.50 bits per heavy atom. The van der Waals surface area contributed by atoms with Gasteiger partial charge in [0.25, 0.3) is 0 Å². The molecule has 0 aromatic carbocycles. The van der Waals surface area contributed by atoms with Crippen LogP contribution in [0.15, 0.2) is 0 Å². The largest absolute Gasteiger partial charge is 0.396 e. The van der Waals surface area contributed by atoms with E-state index in [0.29, 0.717) is 25.4 Å². The second kappa shape index (κ2) is 5.06. The fourth-order valence-electron chi connectivity index (χ4n) is 1.75. The van der Waals surface area contributed by atoms with Crippen molar-refractivity contribution in [2.45, 2.75) is 12.8 Å². The summed E-state index contributed by atoms with van der Waals surface area (Å²) in [6.07, 6.45) is 1.54. The highest BCUT2D eigenvalue weighted by atomic mass is 32.2. The monoisotopic (exact) mass is 222 g/mol. The topological polar surface area (TPSA) is 83.6 Å². The molecule has 5 nitrogen and oxygen atoms in total. The van der Waals surface area contributed by atoms with Gasteiger partial charge in [-0.3, -0.25) is 0 Å². The molecule has 1 atom stereocenters. The van der Waals surface area contributed by atoms with Crippen molar-refractivity contribution in [3.05, 3.63) is 0 Å². The van der Waals surface area contributed by atoms with Gasteiger partial charge in [0.1, 0.15) is 0 Å². The van der Waals surface area contributed by atoms with Crippen LogP contribution in [-0.2, 0) is 10.0 Å². The van der Waals surface area contributed by atoms with E-state index in [1.54, 1.807) is 0 Å². The average molecular weight is 222 g/mol. The van der Waals surface area contributed by atoms with Crippen molar-refractivity contribution in [2.24, 2.45) is 11.7 Å². The van der Waals surface area contributed by atoms with Crippen LogP contribution in [0.4, 0.5) is 0 Å². The van der Waals surface area contributed by atoms with Crippen LogP contribution in [0.3, 0.4) is 0 Å². The van der Waals surface area contributed by atoms with Crippen molar-refractivity contribution >= 4 is 10.0 Å². The molecule has 1 aliphatic heterocycles. The fourth-order valence-corrected chi connectivity index (χ4v) is 3.12. The highest BCUT2D eigenvalue weighted by Crippen LogP contribution is 2.21. The second-order valence-electron chi connectivity index (χ2n) is 3.63. The van der Waals surface area contributed by atoms with Gasteiger partial charge in [-0.1, -0.05) is 0 Å². The van der Waals surface area contributed by atoms with Crippen molar-refractivity contribution < 1.29 is 13.5 Å². The Kier molecular flexibility index (Phi) is 4.31. The van der Waals surface area contributed by atoms with E-state index in [0.717, 1.165) is 6.42 Å². The van der Waals surface area contributed by atoms with E-state index in [2.05, 4.69) is 0 Å². The molecule has 0 aromatic heterocycles. The van der Waals surface area contributed by atoms with Crippen molar-refractivity contribution in [1.29, 1.82) is 0 Å². The van der Waals surface area contributed by atoms with Gasteiger partial charge >= 0.3 is 0 Å². The molecule has 1 aliphatic rings. The maximum Gasteiger partial charge on any atom is 0.215 e. The molecule has 1 heterocycles. The zero-order valence-corrected chi connectivity index (χ0v) is 9.04. The highest BCUT2D eigenvalue weighted by Gasteiger charge is 2.30. The third-order valence-corrected chi connectivity index (χ3v) is 4.43. The molecule has 1 unspecified atom stereocenters. The van der Waals surface area contributed by atoms with Gasteiger partial charge < -0.3 is 10.8 Å². The predicted molar refractivity (Wildman–Crippen MR) is 54.2 cm³/mol. The standard InChI is InChI=1S/C8H18N2O3S/c9-3-6-14(12,13)10-4-1-8(7-10)2-5-11/h8,11H,1-7,9H2. The molecule has 1 saturated heterocycles. The van der Waals surface area contributed by atoms with Gasteiger partial charge in [-0.15, -0.1) is 0 Å². The first-order valence-corrected chi connectivity index (χ1v) is 6.50. The van der Waals surface area contributed by atoms with E-state index in [1.165, 1.54) is 4.31 Å². The Balaban J connectivity index is 2.49. The first-order valence-electron chi connectivity index (χ1n) is 4.89. The van der Waals surface area contributed by atoms with Crippen molar-refractivity contribution in [3.63, 3.8) is 0 Å². The van der Waals surface area contributed by atoms with Crippen molar-refractivity contribution in [1.82, 2.24) is 4.31 Å². The summed E-state index contributed by atoms with van der Waals surface area (Å²) in [6.45, 7) is 1.43. The molecule has 0 aliphatic carbocycles. The van der Waals surface area contributed by atoms with Crippen LogP contribution in [0, 0.1) is 5.92 Å². The zero-order valence-electron chi connectivity index (χ0n) is 8.22. The molecule has 1 fully saturated rings. The number of rotatable bonds is 5. The minimum Gasteiger partial charge on any atom is -0.396 e. The van der Waals surface area contributed by atoms with E-state index >= 15 is 0 Å². The molecule has 1 rings (SSSR count). The lowest BCUT2D eigenvalue weighted by Crippen LogP contribution is -2.33. The Morgan fingerprint density at radius 2 is 2.21 bits per heavy atom. The Hall–Kier alpha value is -0.170. The molecule has 0 saturated carbocycles. The fraction of sp³-hybridized carbons (Fsp3) is 1.00. The Labute approximate surface area is 84.9 Å². The molecule has 0 amide bonds. The Bertz CT molecular complexity index is 266. The molecular formula is C8H18N2O3S. The minimum absolute atomic E-state index is 0.0266. The van der Waals surface area contributed by atoms with E-state index in [1.807, 2.05) is 0 Å². The number of aliphatic hydroxyl groups is 1. The average Bonchev–Trinajstić information content (AvgIpc) is 2.54. The molecule has 0 radical (unpaired) electrons.